The van der Waals surface area contributed by atoms with Crippen molar-refractivity contribution >= 4 is 39.7 Å². The molecular formula is C21H16ClN3O5S. The summed E-state index contributed by atoms with van der Waals surface area (Å²) in [5, 5.41) is 6.01. The molecule has 0 radical (unpaired) electrons. The molecule has 0 atom stereocenters. The molecule has 0 unspecified atom stereocenters. The number of hydrogen-bond acceptors (Lipinski definition) is 7. The number of carbonyl (C=O) groups excluding carboxylic acids is 1. The fraction of sp³-hybridized carbons (Fsp3) is 0.143. The predicted molar refractivity (Wildman–Crippen MR) is 117 cm³/mol. The molecule has 2 aromatic carbocycles. The second kappa shape index (κ2) is 9.15. The minimum absolute atomic E-state index is 0.0527. The Kier molecular flexibility index (Phi) is 6.15. The molecule has 2 heterocycles. The first kappa shape index (κ1) is 20.8. The van der Waals surface area contributed by atoms with Gasteiger partial charge in [-0.3, -0.25) is 19.5 Å². The van der Waals surface area contributed by atoms with Crippen LogP contribution >= 0.6 is 22.9 Å². The third kappa shape index (κ3) is 5.01. The van der Waals surface area contributed by atoms with E-state index in [1.54, 1.807) is 47.8 Å². The first-order valence-corrected chi connectivity index (χ1v) is 10.4. The number of aromatic amines is 1. The molecule has 2 aromatic heterocycles. The Hall–Kier alpha value is -3.43. The van der Waals surface area contributed by atoms with Crippen LogP contribution in [0.25, 0.3) is 10.8 Å². The number of carbonyl (C=O) groups is 1. The summed E-state index contributed by atoms with van der Waals surface area (Å²) in [6, 6.07) is 13.4. The van der Waals surface area contributed by atoms with Crippen LogP contribution in [-0.2, 0) is 29.3 Å². The number of benzene rings is 2. The fourth-order valence-corrected chi connectivity index (χ4v) is 3.66. The Bertz CT molecular complexity index is 1340. The zero-order valence-corrected chi connectivity index (χ0v) is 17.6. The van der Waals surface area contributed by atoms with Gasteiger partial charge in [-0.15, -0.1) is 11.3 Å². The van der Waals surface area contributed by atoms with Gasteiger partial charge < -0.3 is 9.47 Å². The van der Waals surface area contributed by atoms with Crippen LogP contribution in [0.15, 0.2) is 63.5 Å². The first-order chi connectivity index (χ1) is 15.0. The minimum Gasteiger partial charge on any atom is -0.486 e. The van der Waals surface area contributed by atoms with Crippen LogP contribution in [0.2, 0.25) is 5.02 Å². The smallest absolute Gasteiger partial charge is 0.328 e. The van der Waals surface area contributed by atoms with Crippen LogP contribution in [0.3, 0.4) is 0 Å². The van der Waals surface area contributed by atoms with Crippen molar-refractivity contribution in [2.45, 2.75) is 19.8 Å². The zero-order valence-electron chi connectivity index (χ0n) is 16.0. The molecule has 0 aliphatic rings. The van der Waals surface area contributed by atoms with Gasteiger partial charge in [-0.1, -0.05) is 23.7 Å². The lowest BCUT2D eigenvalue weighted by molar-refractivity contribution is -0.146. The number of ether oxygens (including phenoxy) is 2. The van der Waals surface area contributed by atoms with Gasteiger partial charge in [-0.2, -0.15) is 0 Å². The molecule has 8 nitrogen and oxygen atoms in total. The van der Waals surface area contributed by atoms with Gasteiger partial charge in [0.05, 0.1) is 16.5 Å². The number of rotatable bonds is 7. The summed E-state index contributed by atoms with van der Waals surface area (Å²) in [5.41, 5.74) is -0.359. The maximum Gasteiger partial charge on any atom is 0.328 e. The van der Waals surface area contributed by atoms with Gasteiger partial charge in [0.15, 0.2) is 0 Å². The van der Waals surface area contributed by atoms with Crippen molar-refractivity contribution in [3.05, 3.63) is 90.3 Å². The van der Waals surface area contributed by atoms with Crippen LogP contribution in [0, 0.1) is 0 Å². The van der Waals surface area contributed by atoms with Crippen molar-refractivity contribution in [3.8, 4) is 5.75 Å². The van der Waals surface area contributed by atoms with E-state index in [9.17, 15) is 14.4 Å². The first-order valence-electron chi connectivity index (χ1n) is 9.19. The average molecular weight is 458 g/mol. The number of fused-ring (bicyclic) bond motifs is 1. The van der Waals surface area contributed by atoms with Gasteiger partial charge >= 0.3 is 5.97 Å². The Balaban J connectivity index is 1.34. The van der Waals surface area contributed by atoms with Gasteiger partial charge in [-0.25, -0.2) is 9.67 Å². The molecule has 0 saturated carbocycles. The summed E-state index contributed by atoms with van der Waals surface area (Å²) in [5.74, 6) is 0.00222. The van der Waals surface area contributed by atoms with Crippen molar-refractivity contribution in [2.24, 2.45) is 0 Å². The molecule has 0 aliphatic heterocycles. The third-order valence-corrected chi connectivity index (χ3v) is 5.45. The number of thiazole rings is 1. The Morgan fingerprint density at radius 3 is 2.58 bits per heavy atom. The molecule has 10 heteroatoms. The molecule has 0 fully saturated rings. The molecule has 0 amide bonds. The second-order valence-electron chi connectivity index (χ2n) is 6.51. The van der Waals surface area contributed by atoms with Gasteiger partial charge in [0, 0.05) is 10.4 Å². The number of hydrogen-bond donors (Lipinski definition) is 1. The number of esters is 1. The van der Waals surface area contributed by atoms with Crippen LogP contribution < -0.4 is 15.9 Å². The summed E-state index contributed by atoms with van der Waals surface area (Å²) < 4.78 is 11.8. The summed E-state index contributed by atoms with van der Waals surface area (Å²) in [6.45, 7) is -0.188. The van der Waals surface area contributed by atoms with Gasteiger partial charge in [0.25, 0.3) is 11.1 Å². The maximum absolute atomic E-state index is 12.5. The predicted octanol–water partition coefficient (Wildman–Crippen LogP) is 3.12. The van der Waals surface area contributed by atoms with Gasteiger partial charge in [-0.05, 0) is 36.4 Å². The van der Waals surface area contributed by atoms with E-state index < -0.39 is 23.6 Å². The Morgan fingerprint density at radius 2 is 1.81 bits per heavy atom. The minimum atomic E-state index is -0.667. The standard InChI is InChI=1S/C21H16ClN3O5S/c22-13-5-7-15(8-6-13)29-11-18-23-14(12-31-18)10-30-19(26)9-25-21(28)17-4-2-1-3-16(17)20(27)24-25/h1-8,12H,9-11H2,(H,24,27). The van der Waals surface area contributed by atoms with E-state index in [0.717, 1.165) is 9.69 Å². The SMILES string of the molecule is O=C(Cn1[nH]c(=O)c2ccccc2c1=O)OCc1csc(COc2ccc(Cl)cc2)n1. The lowest BCUT2D eigenvalue weighted by atomic mass is 10.2. The summed E-state index contributed by atoms with van der Waals surface area (Å²) >= 11 is 7.22. The number of H-pyrrole nitrogens is 1. The van der Waals surface area contributed by atoms with E-state index in [0.29, 0.717) is 16.5 Å². The van der Waals surface area contributed by atoms with Crippen LogP contribution in [-0.4, -0.2) is 20.7 Å². The van der Waals surface area contributed by atoms with E-state index in [1.807, 2.05) is 0 Å². The number of nitrogens with one attached hydrogen (secondary N) is 1. The quantitative estimate of drug-likeness (QED) is 0.428. The number of aromatic nitrogens is 3. The van der Waals surface area contributed by atoms with Crippen molar-refractivity contribution < 1.29 is 14.3 Å². The lowest BCUT2D eigenvalue weighted by Crippen LogP contribution is -2.32. The highest BCUT2D eigenvalue weighted by Crippen LogP contribution is 2.18. The monoisotopic (exact) mass is 457 g/mol. The molecule has 31 heavy (non-hydrogen) atoms. The Morgan fingerprint density at radius 1 is 1.06 bits per heavy atom. The van der Waals surface area contributed by atoms with E-state index >= 15 is 0 Å². The third-order valence-electron chi connectivity index (χ3n) is 4.33. The molecule has 0 bridgehead atoms. The average Bonchev–Trinajstić information content (AvgIpc) is 3.23. The largest absolute Gasteiger partial charge is 0.486 e. The molecule has 158 valence electrons. The van der Waals surface area contributed by atoms with E-state index in [1.165, 1.54) is 17.4 Å². The molecule has 4 rings (SSSR count). The van der Waals surface area contributed by atoms with E-state index in [2.05, 4.69) is 10.1 Å². The number of halogens is 1. The normalized spacial score (nSPS) is 10.9. The molecule has 1 N–H and O–H groups in total. The van der Waals surface area contributed by atoms with E-state index in [-0.39, 0.29) is 24.0 Å². The molecular weight excluding hydrogens is 442 g/mol. The van der Waals surface area contributed by atoms with Crippen molar-refractivity contribution in [1.29, 1.82) is 0 Å². The van der Waals surface area contributed by atoms with Crippen molar-refractivity contribution in [3.63, 3.8) is 0 Å². The zero-order chi connectivity index (χ0) is 21.8. The Labute approximate surface area is 184 Å². The highest BCUT2D eigenvalue weighted by molar-refractivity contribution is 7.09. The topological polar surface area (TPSA) is 103 Å². The molecule has 0 saturated heterocycles. The second-order valence-corrected chi connectivity index (χ2v) is 7.89. The van der Waals surface area contributed by atoms with Crippen LogP contribution in [0.4, 0.5) is 0 Å². The maximum atomic E-state index is 12.5. The summed E-state index contributed by atoms with van der Waals surface area (Å²) in [7, 11) is 0. The summed E-state index contributed by atoms with van der Waals surface area (Å²) in [6.07, 6.45) is 0. The fourth-order valence-electron chi connectivity index (χ4n) is 2.84. The van der Waals surface area contributed by atoms with Crippen molar-refractivity contribution in [1.82, 2.24) is 14.8 Å². The van der Waals surface area contributed by atoms with Crippen LogP contribution in [0.5, 0.6) is 5.75 Å². The highest BCUT2D eigenvalue weighted by atomic mass is 35.5. The van der Waals surface area contributed by atoms with Crippen molar-refractivity contribution in [2.75, 3.05) is 0 Å². The molecule has 4 aromatic rings. The highest BCUT2D eigenvalue weighted by Gasteiger charge is 2.12. The van der Waals surface area contributed by atoms with Gasteiger partial charge in [0.1, 0.15) is 30.5 Å². The lowest BCUT2D eigenvalue weighted by Gasteiger charge is -2.07. The molecule has 0 spiro atoms. The van der Waals surface area contributed by atoms with Gasteiger partial charge in [0.2, 0.25) is 0 Å². The van der Waals surface area contributed by atoms with E-state index in [4.69, 9.17) is 21.1 Å². The molecule has 0 aliphatic carbocycles. The summed E-state index contributed by atoms with van der Waals surface area (Å²) in [4.78, 5) is 41.1. The van der Waals surface area contributed by atoms with Crippen LogP contribution in [0.1, 0.15) is 10.7 Å². The number of nitrogens with zero attached hydrogens (tertiary/aromatic N) is 2.